The zero-order chi connectivity index (χ0) is 23.8. The molecule has 1 fully saturated rings. The fourth-order valence-electron chi connectivity index (χ4n) is 5.77. The van der Waals surface area contributed by atoms with Crippen molar-refractivity contribution >= 4 is 17.6 Å². The molecule has 1 saturated heterocycles. The largest absolute Gasteiger partial charge is 0.481 e. The highest BCUT2D eigenvalue weighted by atomic mass is 16.6. The molecule has 172 valence electrons. The van der Waals surface area contributed by atoms with Crippen LogP contribution in [0.25, 0.3) is 0 Å². The lowest BCUT2D eigenvalue weighted by molar-refractivity contribution is -0.385. The molecule has 4 atom stereocenters. The molecule has 1 aliphatic heterocycles. The van der Waals surface area contributed by atoms with Crippen molar-refractivity contribution < 1.29 is 19.6 Å². The normalized spacial score (nSPS) is 23.1. The summed E-state index contributed by atoms with van der Waals surface area (Å²) in [6, 6.07) is 23.0. The van der Waals surface area contributed by atoms with Crippen molar-refractivity contribution in [2.45, 2.75) is 24.8 Å². The Labute approximate surface area is 196 Å². The van der Waals surface area contributed by atoms with E-state index < -0.39 is 16.8 Å². The molecule has 1 heterocycles. The Morgan fingerprint density at radius 2 is 1.68 bits per heavy atom. The van der Waals surface area contributed by atoms with Gasteiger partial charge in [-0.1, -0.05) is 54.6 Å². The van der Waals surface area contributed by atoms with Gasteiger partial charge in [0.1, 0.15) is 0 Å². The highest BCUT2D eigenvalue weighted by molar-refractivity contribution is 5.95. The summed E-state index contributed by atoms with van der Waals surface area (Å²) in [5, 5.41) is 21.7. The molecule has 7 heteroatoms. The molecule has 1 aliphatic carbocycles. The molecule has 5 rings (SSSR count). The minimum atomic E-state index is -1.01. The van der Waals surface area contributed by atoms with Crippen LogP contribution in [0.2, 0.25) is 0 Å². The van der Waals surface area contributed by atoms with E-state index in [2.05, 4.69) is 0 Å². The van der Waals surface area contributed by atoms with Crippen LogP contribution >= 0.6 is 0 Å². The van der Waals surface area contributed by atoms with Crippen molar-refractivity contribution in [2.75, 3.05) is 6.54 Å². The van der Waals surface area contributed by atoms with Gasteiger partial charge >= 0.3 is 5.97 Å². The van der Waals surface area contributed by atoms with Crippen molar-refractivity contribution in [1.29, 1.82) is 0 Å². The minimum absolute atomic E-state index is 0.0450. The molecular weight excluding hydrogens is 432 g/mol. The number of nitro benzene ring substituents is 1. The number of nitro groups is 1. The van der Waals surface area contributed by atoms with Gasteiger partial charge in [-0.3, -0.25) is 19.7 Å². The fraction of sp³-hybridized carbons (Fsp3) is 0.259. The van der Waals surface area contributed by atoms with Gasteiger partial charge in [-0.2, -0.15) is 0 Å². The minimum Gasteiger partial charge on any atom is -0.481 e. The first-order valence-corrected chi connectivity index (χ1v) is 11.3. The molecule has 0 spiro atoms. The number of aliphatic carboxylic acids is 1. The number of hydrogen-bond donors (Lipinski definition) is 1. The lowest BCUT2D eigenvalue weighted by Gasteiger charge is -2.36. The topological polar surface area (TPSA) is 101 Å². The average molecular weight is 456 g/mol. The van der Waals surface area contributed by atoms with Crippen molar-refractivity contribution in [2.24, 2.45) is 11.8 Å². The van der Waals surface area contributed by atoms with Crippen molar-refractivity contribution in [1.82, 2.24) is 4.90 Å². The predicted octanol–water partition coefficient (Wildman–Crippen LogP) is 4.32. The smallest absolute Gasteiger partial charge is 0.311 e. The highest BCUT2D eigenvalue weighted by Gasteiger charge is 2.52. The van der Waals surface area contributed by atoms with E-state index in [0.717, 1.165) is 11.1 Å². The maximum absolute atomic E-state index is 13.6. The molecular formula is C27H24N2O5. The zero-order valence-electron chi connectivity index (χ0n) is 18.4. The maximum Gasteiger partial charge on any atom is 0.311 e. The van der Waals surface area contributed by atoms with Crippen LogP contribution < -0.4 is 0 Å². The molecule has 3 aromatic rings. The second kappa shape index (κ2) is 8.74. The van der Waals surface area contributed by atoms with Gasteiger partial charge in [0, 0.05) is 36.2 Å². The summed E-state index contributed by atoms with van der Waals surface area (Å²) in [4.78, 5) is 38.9. The number of carboxylic acids is 1. The number of hydrogen-bond acceptors (Lipinski definition) is 4. The van der Waals surface area contributed by atoms with E-state index in [1.807, 2.05) is 53.4 Å². The van der Waals surface area contributed by atoms with E-state index >= 15 is 0 Å². The number of carbonyl (C=O) groups excluding carboxylic acids is 1. The molecule has 0 unspecified atom stereocenters. The second-order valence-corrected chi connectivity index (χ2v) is 9.08. The Morgan fingerprint density at radius 3 is 2.32 bits per heavy atom. The fourth-order valence-corrected chi connectivity index (χ4v) is 5.77. The summed E-state index contributed by atoms with van der Waals surface area (Å²) in [6.07, 6.45) is 1.11. The first-order valence-electron chi connectivity index (χ1n) is 11.3. The monoisotopic (exact) mass is 456 g/mol. The van der Waals surface area contributed by atoms with E-state index in [0.29, 0.717) is 30.5 Å². The van der Waals surface area contributed by atoms with Crippen LogP contribution in [0.15, 0.2) is 78.9 Å². The molecule has 1 amide bonds. The van der Waals surface area contributed by atoms with Crippen LogP contribution in [0, 0.1) is 22.0 Å². The van der Waals surface area contributed by atoms with Gasteiger partial charge in [0.25, 0.3) is 11.6 Å². The molecule has 2 aliphatic rings. The number of non-ortho nitro benzene ring substituents is 1. The predicted molar refractivity (Wildman–Crippen MR) is 126 cm³/mol. The molecule has 34 heavy (non-hydrogen) atoms. The van der Waals surface area contributed by atoms with Crippen LogP contribution in [0.5, 0.6) is 0 Å². The number of likely N-dealkylation sites (tertiary alicyclic amines) is 1. The quantitative estimate of drug-likeness (QED) is 0.455. The Hall–Kier alpha value is -4.00. The molecule has 0 aromatic heterocycles. The van der Waals surface area contributed by atoms with E-state index in [9.17, 15) is 24.8 Å². The third-order valence-electron chi connectivity index (χ3n) is 7.20. The standard InChI is InChI=1S/C27H24N2O5/c30-26(18-9-5-2-6-10-18)28-16-20-14-19-11-12-21(29(33)34)15-22(19)25(27(31)32)24(20)23(28)13-17-7-3-1-4-8-17/h1-12,15,20,23-25H,13-14,16H2,(H,31,32)/t20-,23-,24-,25+/m0/s1. The molecule has 0 bridgehead atoms. The van der Waals surface area contributed by atoms with E-state index in [-0.39, 0.29) is 29.5 Å². The Bertz CT molecular complexity index is 1240. The Morgan fingerprint density at radius 1 is 1.00 bits per heavy atom. The third kappa shape index (κ3) is 3.83. The summed E-state index contributed by atoms with van der Waals surface area (Å²) < 4.78 is 0. The number of nitrogens with zero attached hydrogens (tertiary/aromatic N) is 2. The number of carboxylic acid groups (broad SMARTS) is 1. The van der Waals surface area contributed by atoms with E-state index in [1.54, 1.807) is 18.2 Å². The summed E-state index contributed by atoms with van der Waals surface area (Å²) >= 11 is 0. The number of rotatable bonds is 5. The SMILES string of the molecule is O=C(O)[C@@H]1c2cc([N+](=O)[O-])ccc2C[C@H]2CN(C(=O)c3ccccc3)[C@@H](Cc3ccccc3)[C@H]21. The van der Waals surface area contributed by atoms with Gasteiger partial charge in [-0.05, 0) is 47.6 Å². The first-order chi connectivity index (χ1) is 16.4. The Balaban J connectivity index is 1.59. The summed E-state index contributed by atoms with van der Waals surface area (Å²) in [7, 11) is 0. The molecule has 0 saturated carbocycles. The average Bonchev–Trinajstić information content (AvgIpc) is 3.20. The third-order valence-corrected chi connectivity index (χ3v) is 7.20. The van der Waals surface area contributed by atoms with Crippen molar-refractivity contribution in [3.05, 3.63) is 111 Å². The Kier molecular flexibility index (Phi) is 5.61. The first kappa shape index (κ1) is 21.8. The molecule has 0 radical (unpaired) electrons. The lowest BCUT2D eigenvalue weighted by Crippen LogP contribution is -2.43. The molecule has 1 N–H and O–H groups in total. The van der Waals surface area contributed by atoms with Crippen molar-refractivity contribution in [3.8, 4) is 0 Å². The maximum atomic E-state index is 13.6. The van der Waals surface area contributed by atoms with Crippen LogP contribution in [0.4, 0.5) is 5.69 Å². The van der Waals surface area contributed by atoms with E-state index in [4.69, 9.17) is 0 Å². The molecule has 3 aromatic carbocycles. The van der Waals surface area contributed by atoms with Gasteiger partial charge in [-0.25, -0.2) is 0 Å². The molecule has 7 nitrogen and oxygen atoms in total. The van der Waals surface area contributed by atoms with Crippen LogP contribution in [0.3, 0.4) is 0 Å². The van der Waals surface area contributed by atoms with E-state index in [1.165, 1.54) is 12.1 Å². The number of fused-ring (bicyclic) bond motifs is 2. The van der Waals surface area contributed by atoms with Gasteiger partial charge in [-0.15, -0.1) is 0 Å². The van der Waals surface area contributed by atoms with Gasteiger partial charge < -0.3 is 10.0 Å². The second-order valence-electron chi connectivity index (χ2n) is 9.08. The van der Waals surface area contributed by atoms with Crippen LogP contribution in [-0.2, 0) is 17.6 Å². The summed E-state index contributed by atoms with van der Waals surface area (Å²) in [5.41, 5.74) is 2.78. The highest BCUT2D eigenvalue weighted by Crippen LogP contribution is 2.49. The number of amides is 1. The van der Waals surface area contributed by atoms with Crippen LogP contribution in [0.1, 0.15) is 33.0 Å². The van der Waals surface area contributed by atoms with Gasteiger partial charge in [0.05, 0.1) is 10.8 Å². The van der Waals surface area contributed by atoms with Crippen molar-refractivity contribution in [3.63, 3.8) is 0 Å². The van der Waals surface area contributed by atoms with Crippen LogP contribution in [-0.4, -0.2) is 39.4 Å². The zero-order valence-corrected chi connectivity index (χ0v) is 18.4. The summed E-state index contributed by atoms with van der Waals surface area (Å²) in [5.74, 6) is -2.44. The number of carbonyl (C=O) groups is 2. The summed E-state index contributed by atoms with van der Waals surface area (Å²) in [6.45, 7) is 0.454. The lowest BCUT2D eigenvalue weighted by atomic mass is 9.67. The van der Waals surface area contributed by atoms with Gasteiger partial charge in [0.15, 0.2) is 0 Å². The number of benzene rings is 3. The van der Waals surface area contributed by atoms with Gasteiger partial charge in [0.2, 0.25) is 0 Å².